The molecule has 0 aromatic carbocycles. The van der Waals surface area contributed by atoms with Gasteiger partial charge >= 0.3 is 0 Å². The van der Waals surface area contributed by atoms with Crippen molar-refractivity contribution in [3.05, 3.63) is 0 Å². The minimum Gasteiger partial charge on any atom is -0.306 e. The molecule has 1 atom stereocenters. The summed E-state index contributed by atoms with van der Waals surface area (Å²) >= 11 is 0. The topological polar surface area (TPSA) is 39.1 Å². The van der Waals surface area contributed by atoms with Gasteiger partial charge in [0.2, 0.25) is 0 Å². The molecule has 0 aliphatic rings. The largest absolute Gasteiger partial charge is 0.306 e. The molecule has 3 heteroatoms. The lowest BCUT2D eigenvalue weighted by Crippen LogP contribution is -2.36. The third-order valence-corrected chi connectivity index (χ3v) is 2.38. The molecule has 0 aromatic rings. The Bertz CT molecular complexity index is 184. The second-order valence-corrected chi connectivity index (χ2v) is 4.45. The fourth-order valence-corrected chi connectivity index (χ4v) is 1.48. The molecule has 0 aromatic heterocycles. The van der Waals surface area contributed by atoms with E-state index in [2.05, 4.69) is 44.1 Å². The summed E-state index contributed by atoms with van der Waals surface area (Å²) in [6.07, 6.45) is 3.39. The Morgan fingerprint density at radius 2 is 2.00 bits per heavy atom. The van der Waals surface area contributed by atoms with E-state index in [4.69, 9.17) is 5.26 Å². The SMILES string of the molecule is CCCCN(C)CCC(C#N)NC(C)C. The van der Waals surface area contributed by atoms with E-state index in [1.54, 1.807) is 0 Å². The number of hydrogen-bond donors (Lipinski definition) is 1. The Morgan fingerprint density at radius 3 is 2.47 bits per heavy atom. The third kappa shape index (κ3) is 8.41. The Balaban J connectivity index is 3.66. The van der Waals surface area contributed by atoms with Crippen LogP contribution in [0.15, 0.2) is 0 Å². The summed E-state index contributed by atoms with van der Waals surface area (Å²) in [5.74, 6) is 0. The van der Waals surface area contributed by atoms with Gasteiger partial charge in [-0.25, -0.2) is 0 Å². The molecule has 0 saturated heterocycles. The lowest BCUT2D eigenvalue weighted by Gasteiger charge is -2.19. The quantitative estimate of drug-likeness (QED) is 0.667. The van der Waals surface area contributed by atoms with Crippen LogP contribution >= 0.6 is 0 Å². The van der Waals surface area contributed by atoms with Crippen molar-refractivity contribution in [3.8, 4) is 6.07 Å². The van der Waals surface area contributed by atoms with Crippen LogP contribution in [0.2, 0.25) is 0 Å². The molecular formula is C12H25N3. The van der Waals surface area contributed by atoms with Crippen LogP contribution in [0.25, 0.3) is 0 Å². The van der Waals surface area contributed by atoms with E-state index in [0.29, 0.717) is 6.04 Å². The molecule has 0 fully saturated rings. The van der Waals surface area contributed by atoms with Gasteiger partial charge in [-0.3, -0.25) is 5.32 Å². The Kier molecular flexibility index (Phi) is 8.35. The summed E-state index contributed by atoms with van der Waals surface area (Å²) in [6, 6.07) is 2.69. The first-order valence-electron chi connectivity index (χ1n) is 5.94. The van der Waals surface area contributed by atoms with Gasteiger partial charge in [-0.15, -0.1) is 0 Å². The highest BCUT2D eigenvalue weighted by atomic mass is 15.1. The predicted octanol–water partition coefficient (Wildman–Crippen LogP) is 2.00. The smallest absolute Gasteiger partial charge is 0.0967 e. The molecule has 0 spiro atoms. The molecule has 88 valence electrons. The molecule has 1 unspecified atom stereocenters. The highest BCUT2D eigenvalue weighted by Gasteiger charge is 2.09. The zero-order valence-electron chi connectivity index (χ0n) is 10.6. The minimum absolute atomic E-state index is 0.00548. The van der Waals surface area contributed by atoms with Crippen LogP contribution in [0.4, 0.5) is 0 Å². The number of rotatable bonds is 8. The number of unbranched alkanes of at least 4 members (excludes halogenated alkanes) is 1. The van der Waals surface area contributed by atoms with Gasteiger partial charge in [0.05, 0.1) is 12.1 Å². The van der Waals surface area contributed by atoms with Gasteiger partial charge in [-0.2, -0.15) is 5.26 Å². The van der Waals surface area contributed by atoms with Crippen molar-refractivity contribution in [1.29, 1.82) is 5.26 Å². The summed E-state index contributed by atoms with van der Waals surface area (Å²) in [7, 11) is 2.12. The molecule has 15 heavy (non-hydrogen) atoms. The van der Waals surface area contributed by atoms with Gasteiger partial charge in [-0.1, -0.05) is 13.3 Å². The fourth-order valence-electron chi connectivity index (χ4n) is 1.48. The highest BCUT2D eigenvalue weighted by Crippen LogP contribution is 1.98. The van der Waals surface area contributed by atoms with Crippen molar-refractivity contribution in [2.45, 2.75) is 52.1 Å². The normalized spacial score (nSPS) is 13.1. The van der Waals surface area contributed by atoms with Crippen molar-refractivity contribution in [2.75, 3.05) is 20.1 Å². The summed E-state index contributed by atoms with van der Waals surface area (Å²) in [5.41, 5.74) is 0. The van der Waals surface area contributed by atoms with Crippen LogP contribution in [-0.2, 0) is 0 Å². The fraction of sp³-hybridized carbons (Fsp3) is 0.917. The molecule has 0 radical (unpaired) electrons. The summed E-state index contributed by atoms with van der Waals surface area (Å²) in [4.78, 5) is 2.30. The maximum absolute atomic E-state index is 8.93. The minimum atomic E-state index is -0.00548. The zero-order chi connectivity index (χ0) is 11.7. The van der Waals surface area contributed by atoms with Crippen LogP contribution in [0.1, 0.15) is 40.0 Å². The molecule has 0 rings (SSSR count). The molecule has 1 N–H and O–H groups in total. The van der Waals surface area contributed by atoms with Crippen LogP contribution in [-0.4, -0.2) is 37.1 Å². The van der Waals surface area contributed by atoms with Crippen LogP contribution in [0.3, 0.4) is 0 Å². The Hall–Kier alpha value is -0.590. The van der Waals surface area contributed by atoms with E-state index in [9.17, 15) is 0 Å². The van der Waals surface area contributed by atoms with Crippen molar-refractivity contribution in [2.24, 2.45) is 0 Å². The molecule has 0 amide bonds. The van der Waals surface area contributed by atoms with Crippen molar-refractivity contribution in [3.63, 3.8) is 0 Å². The standard InChI is InChI=1S/C12H25N3/c1-5-6-8-15(4)9-7-12(10-13)14-11(2)3/h11-12,14H,5-9H2,1-4H3. The maximum Gasteiger partial charge on any atom is 0.0967 e. The van der Waals surface area contributed by atoms with Crippen LogP contribution < -0.4 is 5.32 Å². The molecule has 0 aliphatic carbocycles. The van der Waals surface area contributed by atoms with E-state index in [1.807, 2.05) is 0 Å². The van der Waals surface area contributed by atoms with Crippen molar-refractivity contribution < 1.29 is 0 Å². The predicted molar refractivity (Wildman–Crippen MR) is 64.7 cm³/mol. The molecule has 0 bridgehead atoms. The van der Waals surface area contributed by atoms with Crippen molar-refractivity contribution >= 4 is 0 Å². The Morgan fingerprint density at radius 1 is 1.33 bits per heavy atom. The van der Waals surface area contributed by atoms with E-state index >= 15 is 0 Å². The Labute approximate surface area is 94.5 Å². The van der Waals surface area contributed by atoms with E-state index in [1.165, 1.54) is 12.8 Å². The second-order valence-electron chi connectivity index (χ2n) is 4.45. The monoisotopic (exact) mass is 211 g/mol. The third-order valence-electron chi connectivity index (χ3n) is 2.38. The summed E-state index contributed by atoms with van der Waals surface area (Å²) in [6.45, 7) is 8.48. The number of nitriles is 1. The van der Waals surface area contributed by atoms with E-state index in [0.717, 1.165) is 19.5 Å². The van der Waals surface area contributed by atoms with Gasteiger partial charge < -0.3 is 4.90 Å². The lowest BCUT2D eigenvalue weighted by molar-refractivity contribution is 0.309. The second kappa shape index (κ2) is 8.70. The van der Waals surface area contributed by atoms with E-state index in [-0.39, 0.29) is 6.04 Å². The first-order chi connectivity index (χ1) is 7.10. The first-order valence-corrected chi connectivity index (χ1v) is 5.94. The zero-order valence-corrected chi connectivity index (χ0v) is 10.6. The molecule has 0 saturated carbocycles. The number of nitrogens with zero attached hydrogens (tertiary/aromatic N) is 2. The van der Waals surface area contributed by atoms with Gasteiger partial charge in [0.15, 0.2) is 0 Å². The summed E-state index contributed by atoms with van der Waals surface area (Å²) < 4.78 is 0. The van der Waals surface area contributed by atoms with Crippen LogP contribution in [0.5, 0.6) is 0 Å². The van der Waals surface area contributed by atoms with Gasteiger partial charge in [-0.05, 0) is 40.3 Å². The molecule has 0 aliphatic heterocycles. The maximum atomic E-state index is 8.93. The van der Waals surface area contributed by atoms with Gasteiger partial charge in [0.1, 0.15) is 0 Å². The molecule has 0 heterocycles. The van der Waals surface area contributed by atoms with E-state index < -0.39 is 0 Å². The summed E-state index contributed by atoms with van der Waals surface area (Å²) in [5, 5.41) is 12.2. The molecule has 3 nitrogen and oxygen atoms in total. The van der Waals surface area contributed by atoms with Crippen LogP contribution in [0, 0.1) is 11.3 Å². The van der Waals surface area contributed by atoms with Crippen molar-refractivity contribution in [1.82, 2.24) is 10.2 Å². The lowest BCUT2D eigenvalue weighted by atomic mass is 10.2. The number of hydrogen-bond acceptors (Lipinski definition) is 3. The highest BCUT2D eigenvalue weighted by molar-refractivity contribution is 4.90. The van der Waals surface area contributed by atoms with Gasteiger partial charge in [0, 0.05) is 12.6 Å². The van der Waals surface area contributed by atoms with Gasteiger partial charge in [0.25, 0.3) is 0 Å². The average Bonchev–Trinajstić information content (AvgIpc) is 2.20. The average molecular weight is 211 g/mol. The first kappa shape index (κ1) is 14.4. The molecular weight excluding hydrogens is 186 g/mol. The number of nitrogens with one attached hydrogen (secondary N) is 1.